The van der Waals surface area contributed by atoms with Gasteiger partial charge in [0.05, 0.1) is 13.7 Å². The third-order valence-corrected chi connectivity index (χ3v) is 2.42. The summed E-state index contributed by atoms with van der Waals surface area (Å²) in [6.07, 6.45) is 1.59. The van der Waals surface area contributed by atoms with Crippen LogP contribution in [0, 0.1) is 0 Å². The lowest BCUT2D eigenvalue weighted by Gasteiger charge is -2.11. The number of ether oxygens (including phenoxy) is 2. The van der Waals surface area contributed by atoms with Gasteiger partial charge in [-0.25, -0.2) is 0 Å². The molecule has 0 aliphatic carbocycles. The maximum atomic E-state index is 9.82. The van der Waals surface area contributed by atoms with Crippen molar-refractivity contribution in [2.75, 3.05) is 20.3 Å². The van der Waals surface area contributed by atoms with E-state index in [4.69, 9.17) is 9.47 Å². The van der Waals surface area contributed by atoms with Crippen LogP contribution in [0.3, 0.4) is 0 Å². The number of hydrogen-bond acceptors (Lipinski definition) is 3. The van der Waals surface area contributed by atoms with Crippen molar-refractivity contribution >= 4 is 0 Å². The largest absolute Gasteiger partial charge is 0.497 e. The SMILES string of the molecule is CCCCOCC(O)c1ccc(OC)cc1. The highest BCUT2D eigenvalue weighted by Gasteiger charge is 2.07. The summed E-state index contributed by atoms with van der Waals surface area (Å²) in [6, 6.07) is 7.38. The van der Waals surface area contributed by atoms with Crippen LogP contribution in [0.2, 0.25) is 0 Å². The van der Waals surface area contributed by atoms with Gasteiger partial charge in [-0.1, -0.05) is 25.5 Å². The molecule has 16 heavy (non-hydrogen) atoms. The third-order valence-electron chi connectivity index (χ3n) is 2.42. The average molecular weight is 224 g/mol. The molecule has 0 saturated heterocycles. The molecule has 0 aliphatic heterocycles. The highest BCUT2D eigenvalue weighted by atomic mass is 16.5. The van der Waals surface area contributed by atoms with Crippen molar-refractivity contribution in [1.29, 1.82) is 0 Å². The maximum absolute atomic E-state index is 9.82. The molecule has 3 nitrogen and oxygen atoms in total. The summed E-state index contributed by atoms with van der Waals surface area (Å²) in [7, 11) is 1.62. The number of benzene rings is 1. The molecule has 0 spiro atoms. The molecule has 1 atom stereocenters. The topological polar surface area (TPSA) is 38.7 Å². The van der Waals surface area contributed by atoms with Gasteiger partial charge >= 0.3 is 0 Å². The fraction of sp³-hybridized carbons (Fsp3) is 0.538. The molecule has 0 radical (unpaired) electrons. The summed E-state index contributed by atoms with van der Waals surface area (Å²) < 4.78 is 10.4. The van der Waals surface area contributed by atoms with Gasteiger partial charge in [-0.2, -0.15) is 0 Å². The van der Waals surface area contributed by atoms with Crippen LogP contribution in [-0.4, -0.2) is 25.4 Å². The Labute approximate surface area is 97.0 Å². The van der Waals surface area contributed by atoms with Crippen LogP contribution in [0.1, 0.15) is 31.4 Å². The van der Waals surface area contributed by atoms with Gasteiger partial charge in [-0.05, 0) is 24.1 Å². The number of hydrogen-bond donors (Lipinski definition) is 1. The van der Waals surface area contributed by atoms with Gasteiger partial charge in [0.2, 0.25) is 0 Å². The zero-order chi connectivity index (χ0) is 11.8. The zero-order valence-corrected chi connectivity index (χ0v) is 9.98. The van der Waals surface area contributed by atoms with Crippen LogP contribution in [0.5, 0.6) is 5.75 Å². The van der Waals surface area contributed by atoms with Gasteiger partial charge in [-0.3, -0.25) is 0 Å². The van der Waals surface area contributed by atoms with Crippen molar-refractivity contribution in [3.63, 3.8) is 0 Å². The van der Waals surface area contributed by atoms with Crippen LogP contribution >= 0.6 is 0 Å². The van der Waals surface area contributed by atoms with E-state index in [0.29, 0.717) is 13.2 Å². The monoisotopic (exact) mass is 224 g/mol. The van der Waals surface area contributed by atoms with Gasteiger partial charge in [0.15, 0.2) is 0 Å². The molecule has 0 bridgehead atoms. The van der Waals surface area contributed by atoms with E-state index in [2.05, 4.69) is 6.92 Å². The molecular formula is C13H20O3. The second-order valence-electron chi connectivity index (χ2n) is 3.72. The van der Waals surface area contributed by atoms with Gasteiger partial charge < -0.3 is 14.6 Å². The molecule has 90 valence electrons. The fourth-order valence-corrected chi connectivity index (χ4v) is 1.36. The predicted molar refractivity (Wildman–Crippen MR) is 63.7 cm³/mol. The van der Waals surface area contributed by atoms with Crippen molar-refractivity contribution < 1.29 is 14.6 Å². The smallest absolute Gasteiger partial charge is 0.118 e. The zero-order valence-electron chi connectivity index (χ0n) is 9.98. The molecule has 1 aromatic rings. The number of unbranched alkanes of at least 4 members (excludes halogenated alkanes) is 1. The Bertz CT molecular complexity index is 282. The van der Waals surface area contributed by atoms with E-state index in [9.17, 15) is 5.11 Å². The normalized spacial score (nSPS) is 12.4. The second-order valence-corrected chi connectivity index (χ2v) is 3.72. The molecule has 0 fully saturated rings. The van der Waals surface area contributed by atoms with Crippen LogP contribution in [-0.2, 0) is 4.74 Å². The van der Waals surface area contributed by atoms with Crippen molar-refractivity contribution in [1.82, 2.24) is 0 Å². The summed E-state index contributed by atoms with van der Waals surface area (Å²) in [5.74, 6) is 0.794. The molecule has 1 unspecified atom stereocenters. The Kier molecular flexibility index (Phi) is 5.90. The lowest BCUT2D eigenvalue weighted by molar-refractivity contribution is 0.0349. The molecule has 0 amide bonds. The number of aliphatic hydroxyl groups excluding tert-OH is 1. The Morgan fingerprint density at radius 2 is 1.94 bits per heavy atom. The second kappa shape index (κ2) is 7.25. The fourth-order valence-electron chi connectivity index (χ4n) is 1.36. The quantitative estimate of drug-likeness (QED) is 0.723. The Morgan fingerprint density at radius 1 is 1.25 bits per heavy atom. The molecule has 0 aromatic heterocycles. The minimum absolute atomic E-state index is 0.354. The van der Waals surface area contributed by atoms with Crippen molar-refractivity contribution in [2.24, 2.45) is 0 Å². The highest BCUT2D eigenvalue weighted by Crippen LogP contribution is 2.17. The summed E-state index contributed by atoms with van der Waals surface area (Å²) in [4.78, 5) is 0. The maximum Gasteiger partial charge on any atom is 0.118 e. The Balaban J connectivity index is 2.37. The molecule has 0 aliphatic rings. The lowest BCUT2D eigenvalue weighted by atomic mass is 10.1. The number of methoxy groups -OCH3 is 1. The Morgan fingerprint density at radius 3 is 2.50 bits per heavy atom. The minimum atomic E-state index is -0.553. The van der Waals surface area contributed by atoms with Crippen LogP contribution in [0.15, 0.2) is 24.3 Å². The van der Waals surface area contributed by atoms with Gasteiger partial charge in [0.1, 0.15) is 11.9 Å². The molecule has 0 heterocycles. The average Bonchev–Trinajstić information content (AvgIpc) is 2.34. The standard InChI is InChI=1S/C13H20O3/c1-3-4-9-16-10-13(14)11-5-7-12(15-2)8-6-11/h5-8,13-14H,3-4,9-10H2,1-2H3. The molecular weight excluding hydrogens is 204 g/mol. The minimum Gasteiger partial charge on any atom is -0.497 e. The number of rotatable bonds is 7. The van der Waals surface area contributed by atoms with Crippen LogP contribution in [0.4, 0.5) is 0 Å². The van der Waals surface area contributed by atoms with Gasteiger partial charge in [0, 0.05) is 6.61 Å². The molecule has 1 N–H and O–H groups in total. The van der Waals surface area contributed by atoms with Crippen molar-refractivity contribution in [3.8, 4) is 5.75 Å². The lowest BCUT2D eigenvalue weighted by Crippen LogP contribution is -2.07. The summed E-state index contributed by atoms with van der Waals surface area (Å²) in [5.41, 5.74) is 0.859. The van der Waals surface area contributed by atoms with Crippen molar-refractivity contribution in [2.45, 2.75) is 25.9 Å². The Hall–Kier alpha value is -1.06. The molecule has 3 heteroatoms. The van der Waals surface area contributed by atoms with Gasteiger partial charge in [0.25, 0.3) is 0 Å². The van der Waals surface area contributed by atoms with E-state index in [-0.39, 0.29) is 0 Å². The van der Waals surface area contributed by atoms with E-state index in [1.54, 1.807) is 7.11 Å². The van der Waals surface area contributed by atoms with Crippen LogP contribution < -0.4 is 4.74 Å². The predicted octanol–water partition coefficient (Wildman–Crippen LogP) is 2.55. The van der Waals surface area contributed by atoms with Crippen molar-refractivity contribution in [3.05, 3.63) is 29.8 Å². The number of aliphatic hydroxyl groups is 1. The van der Waals surface area contributed by atoms with E-state index < -0.39 is 6.10 Å². The van der Waals surface area contributed by atoms with E-state index >= 15 is 0 Å². The van der Waals surface area contributed by atoms with E-state index in [1.807, 2.05) is 24.3 Å². The first kappa shape index (κ1) is 13.0. The van der Waals surface area contributed by atoms with E-state index in [0.717, 1.165) is 24.2 Å². The van der Waals surface area contributed by atoms with Gasteiger partial charge in [-0.15, -0.1) is 0 Å². The summed E-state index contributed by atoms with van der Waals surface area (Å²) in [5, 5.41) is 9.82. The first-order valence-electron chi connectivity index (χ1n) is 5.67. The molecule has 1 aromatic carbocycles. The third kappa shape index (κ3) is 4.21. The van der Waals surface area contributed by atoms with Crippen LogP contribution in [0.25, 0.3) is 0 Å². The first-order chi connectivity index (χ1) is 7.77. The molecule has 0 saturated carbocycles. The molecule has 1 rings (SSSR count). The first-order valence-corrected chi connectivity index (χ1v) is 5.67. The highest BCUT2D eigenvalue weighted by molar-refractivity contribution is 5.28. The van der Waals surface area contributed by atoms with E-state index in [1.165, 1.54) is 0 Å². The summed E-state index contributed by atoms with van der Waals surface area (Å²) >= 11 is 0. The summed E-state index contributed by atoms with van der Waals surface area (Å²) in [6.45, 7) is 3.18.